The fraction of sp³-hybridized carbons (Fsp3) is 0.846. The molecule has 0 fully saturated rings. The predicted octanol–water partition coefficient (Wildman–Crippen LogP) is 4.42. The molecule has 0 aliphatic rings. The first-order valence-electron chi connectivity index (χ1n) is 13.4. The summed E-state index contributed by atoms with van der Waals surface area (Å²) in [6.45, 7) is 3.46. The van der Waals surface area contributed by atoms with Crippen molar-refractivity contribution in [2.24, 2.45) is 0 Å². The van der Waals surface area contributed by atoms with E-state index in [0.717, 1.165) is 51.4 Å². The van der Waals surface area contributed by atoms with E-state index in [1.165, 1.54) is 32.1 Å². The first-order chi connectivity index (χ1) is 16.9. The summed E-state index contributed by atoms with van der Waals surface area (Å²) in [6, 6.07) is -1.05. The Hall–Kier alpha value is -2.16. The molecule has 0 aliphatic heterocycles. The Bertz CT molecular complexity index is 584. The summed E-state index contributed by atoms with van der Waals surface area (Å²) in [5.41, 5.74) is 0. The van der Waals surface area contributed by atoms with Crippen molar-refractivity contribution in [1.82, 2.24) is 10.6 Å². The molecule has 1 atom stereocenters. The quantitative estimate of drug-likeness (QED) is 0.136. The summed E-state index contributed by atoms with van der Waals surface area (Å²) in [5.74, 6) is -2.37. The average molecular weight is 501 g/mol. The number of hydrogen-bond acceptors (Lipinski definition) is 5. The van der Waals surface area contributed by atoms with Gasteiger partial charge in [0.2, 0.25) is 11.8 Å². The molecule has 0 unspecified atom stereocenters. The molecule has 0 heterocycles. The van der Waals surface area contributed by atoms with Crippen LogP contribution >= 0.6 is 0 Å². The minimum absolute atomic E-state index is 0.0374. The zero-order chi connectivity index (χ0) is 26.2. The van der Waals surface area contributed by atoms with Crippen molar-refractivity contribution in [3.8, 4) is 0 Å². The molecule has 9 nitrogen and oxygen atoms in total. The highest BCUT2D eigenvalue weighted by molar-refractivity contribution is 5.84. The number of hydrogen-bond donors (Lipinski definition) is 4. The number of nitrogens with one attached hydrogen (secondary N) is 2. The van der Waals surface area contributed by atoms with E-state index in [0.29, 0.717) is 26.2 Å². The van der Waals surface area contributed by atoms with Crippen LogP contribution in [0.2, 0.25) is 0 Å². The Balaban J connectivity index is 3.67. The SMILES string of the molecule is CCCOCCNC(=O)CC[C@H](NC(=O)CCCCCCCCCCCCCCC(=O)O)C(=O)O. The van der Waals surface area contributed by atoms with E-state index in [9.17, 15) is 24.3 Å². The van der Waals surface area contributed by atoms with Gasteiger partial charge in [-0.2, -0.15) is 0 Å². The maximum absolute atomic E-state index is 12.1. The van der Waals surface area contributed by atoms with Gasteiger partial charge in [-0.05, 0) is 25.7 Å². The summed E-state index contributed by atoms with van der Waals surface area (Å²) in [5, 5.41) is 23.1. The number of aliphatic carboxylic acids is 2. The maximum Gasteiger partial charge on any atom is 0.326 e. The number of carbonyl (C=O) groups is 4. The number of rotatable bonds is 25. The van der Waals surface area contributed by atoms with E-state index < -0.39 is 18.0 Å². The third-order valence-corrected chi connectivity index (χ3v) is 5.75. The van der Waals surface area contributed by atoms with Crippen LogP contribution in [-0.2, 0) is 23.9 Å². The van der Waals surface area contributed by atoms with Gasteiger partial charge in [0.15, 0.2) is 0 Å². The van der Waals surface area contributed by atoms with Crippen LogP contribution in [0.15, 0.2) is 0 Å². The van der Waals surface area contributed by atoms with Crippen molar-refractivity contribution >= 4 is 23.8 Å². The highest BCUT2D eigenvalue weighted by atomic mass is 16.5. The second-order valence-corrected chi connectivity index (χ2v) is 9.10. The van der Waals surface area contributed by atoms with Gasteiger partial charge in [-0.1, -0.05) is 71.1 Å². The molecule has 35 heavy (non-hydrogen) atoms. The number of amides is 2. The van der Waals surface area contributed by atoms with Gasteiger partial charge in [-0.3, -0.25) is 14.4 Å². The van der Waals surface area contributed by atoms with Crippen molar-refractivity contribution in [2.45, 2.75) is 122 Å². The van der Waals surface area contributed by atoms with E-state index in [4.69, 9.17) is 9.84 Å². The van der Waals surface area contributed by atoms with E-state index in [-0.39, 0.29) is 31.1 Å². The molecule has 0 radical (unpaired) electrons. The molecule has 0 saturated carbocycles. The number of carbonyl (C=O) groups excluding carboxylic acids is 2. The lowest BCUT2D eigenvalue weighted by atomic mass is 10.0. The predicted molar refractivity (Wildman–Crippen MR) is 135 cm³/mol. The molecule has 0 spiro atoms. The fourth-order valence-electron chi connectivity index (χ4n) is 3.73. The van der Waals surface area contributed by atoms with Gasteiger partial charge < -0.3 is 25.6 Å². The van der Waals surface area contributed by atoms with Crippen LogP contribution in [0.1, 0.15) is 116 Å². The lowest BCUT2D eigenvalue weighted by Crippen LogP contribution is -2.41. The topological polar surface area (TPSA) is 142 Å². The molecule has 4 N–H and O–H groups in total. The van der Waals surface area contributed by atoms with Gasteiger partial charge in [0.05, 0.1) is 6.61 Å². The second kappa shape index (κ2) is 23.6. The zero-order valence-electron chi connectivity index (χ0n) is 21.7. The van der Waals surface area contributed by atoms with Crippen LogP contribution < -0.4 is 10.6 Å². The first kappa shape index (κ1) is 32.8. The van der Waals surface area contributed by atoms with E-state index >= 15 is 0 Å². The smallest absolute Gasteiger partial charge is 0.326 e. The molecule has 0 aliphatic carbocycles. The van der Waals surface area contributed by atoms with Crippen LogP contribution in [0, 0.1) is 0 Å². The average Bonchev–Trinajstić information content (AvgIpc) is 2.81. The minimum Gasteiger partial charge on any atom is -0.481 e. The van der Waals surface area contributed by atoms with Gasteiger partial charge >= 0.3 is 11.9 Å². The molecular formula is C26H48N2O7. The van der Waals surface area contributed by atoms with Crippen LogP contribution in [0.4, 0.5) is 0 Å². The molecule has 0 rings (SSSR count). The van der Waals surface area contributed by atoms with E-state index in [2.05, 4.69) is 10.6 Å². The highest BCUT2D eigenvalue weighted by Gasteiger charge is 2.20. The van der Waals surface area contributed by atoms with Crippen LogP contribution in [0.5, 0.6) is 0 Å². The maximum atomic E-state index is 12.1. The molecule has 204 valence electrons. The van der Waals surface area contributed by atoms with Gasteiger partial charge in [0, 0.05) is 32.4 Å². The second-order valence-electron chi connectivity index (χ2n) is 9.10. The van der Waals surface area contributed by atoms with Crippen molar-refractivity contribution in [3.05, 3.63) is 0 Å². The Kier molecular flexibility index (Phi) is 22.1. The molecule has 0 aromatic rings. The normalized spacial score (nSPS) is 11.7. The van der Waals surface area contributed by atoms with Crippen molar-refractivity contribution < 1.29 is 34.1 Å². The first-order valence-corrected chi connectivity index (χ1v) is 13.4. The number of carboxylic acid groups (broad SMARTS) is 2. The van der Waals surface area contributed by atoms with Gasteiger partial charge in [-0.15, -0.1) is 0 Å². The number of carboxylic acids is 2. The lowest BCUT2D eigenvalue weighted by Gasteiger charge is -2.14. The van der Waals surface area contributed by atoms with Crippen molar-refractivity contribution in [2.75, 3.05) is 19.8 Å². The lowest BCUT2D eigenvalue weighted by molar-refractivity contribution is -0.142. The molecule has 0 aromatic heterocycles. The van der Waals surface area contributed by atoms with Gasteiger partial charge in [0.25, 0.3) is 0 Å². The molecule has 0 aromatic carbocycles. The Morgan fingerprint density at radius 2 is 1.20 bits per heavy atom. The fourth-order valence-corrected chi connectivity index (χ4v) is 3.73. The number of unbranched alkanes of at least 4 members (excludes halogenated alkanes) is 11. The Morgan fingerprint density at radius 1 is 0.686 bits per heavy atom. The summed E-state index contributed by atoms with van der Waals surface area (Å²) >= 11 is 0. The van der Waals surface area contributed by atoms with Crippen molar-refractivity contribution in [3.63, 3.8) is 0 Å². The van der Waals surface area contributed by atoms with E-state index in [1.54, 1.807) is 0 Å². The van der Waals surface area contributed by atoms with Gasteiger partial charge in [-0.25, -0.2) is 4.79 Å². The van der Waals surface area contributed by atoms with Crippen molar-refractivity contribution in [1.29, 1.82) is 0 Å². The molecule has 0 saturated heterocycles. The number of ether oxygens (including phenoxy) is 1. The molecule has 0 bridgehead atoms. The highest BCUT2D eigenvalue weighted by Crippen LogP contribution is 2.13. The van der Waals surface area contributed by atoms with Crippen LogP contribution in [-0.4, -0.2) is 59.8 Å². The Labute approximate surface area is 210 Å². The summed E-state index contributed by atoms with van der Waals surface area (Å²) in [7, 11) is 0. The standard InChI is InChI=1S/C26H48N2O7/c1-2-20-35-21-19-27-23(29)18-17-22(26(33)34)28-24(30)15-13-11-9-7-5-3-4-6-8-10-12-14-16-25(31)32/h22H,2-21H2,1H3,(H,27,29)(H,28,30)(H,31,32)(H,33,34)/t22-/m0/s1. The van der Waals surface area contributed by atoms with Crippen LogP contribution in [0.3, 0.4) is 0 Å². The van der Waals surface area contributed by atoms with Crippen LogP contribution in [0.25, 0.3) is 0 Å². The summed E-state index contributed by atoms with van der Waals surface area (Å²) in [4.78, 5) is 45.8. The molecular weight excluding hydrogens is 452 g/mol. The molecule has 2 amide bonds. The summed E-state index contributed by atoms with van der Waals surface area (Å²) in [6.07, 6.45) is 14.3. The zero-order valence-corrected chi connectivity index (χ0v) is 21.7. The minimum atomic E-state index is -1.13. The van der Waals surface area contributed by atoms with E-state index in [1.807, 2.05) is 6.92 Å². The molecule has 9 heteroatoms. The van der Waals surface area contributed by atoms with Gasteiger partial charge in [0.1, 0.15) is 6.04 Å². The third kappa shape index (κ3) is 23.4. The third-order valence-electron chi connectivity index (χ3n) is 5.75. The largest absolute Gasteiger partial charge is 0.481 e. The summed E-state index contributed by atoms with van der Waals surface area (Å²) < 4.78 is 5.27. The Morgan fingerprint density at radius 3 is 1.69 bits per heavy atom. The monoisotopic (exact) mass is 500 g/mol.